The zero-order chi connectivity index (χ0) is 13.0. The molecule has 1 aromatic rings. The van der Waals surface area contributed by atoms with Gasteiger partial charge in [-0.1, -0.05) is 49.1 Å². The predicted octanol–water partition coefficient (Wildman–Crippen LogP) is 3.34. The van der Waals surface area contributed by atoms with Crippen LogP contribution in [0.5, 0.6) is 0 Å². The van der Waals surface area contributed by atoms with E-state index in [2.05, 4.69) is 43.4 Å². The van der Waals surface area contributed by atoms with Gasteiger partial charge in [-0.2, -0.15) is 0 Å². The van der Waals surface area contributed by atoms with E-state index in [-0.39, 0.29) is 12.1 Å². The molecule has 2 N–H and O–H groups in total. The highest BCUT2D eigenvalue weighted by molar-refractivity contribution is 5.23. The van der Waals surface area contributed by atoms with Crippen LogP contribution in [0.25, 0.3) is 0 Å². The van der Waals surface area contributed by atoms with Crippen molar-refractivity contribution in [3.63, 3.8) is 0 Å². The Morgan fingerprint density at radius 1 is 1.11 bits per heavy atom. The first-order chi connectivity index (χ1) is 8.66. The van der Waals surface area contributed by atoms with E-state index in [0.717, 1.165) is 19.3 Å². The standard InChI is InChI=1S/C16H25NO/c1-12-8-10-14(11-9-12)13(2)17-15-6-4-3-5-7-16(15)18/h8-11,13,15-18H,3-7H2,1-2H3/t13-,15?,16?/m0/s1. The predicted molar refractivity (Wildman–Crippen MR) is 75.6 cm³/mol. The molecule has 2 unspecified atom stereocenters. The topological polar surface area (TPSA) is 32.3 Å². The molecule has 18 heavy (non-hydrogen) atoms. The SMILES string of the molecule is Cc1ccc([C@H](C)NC2CCCCCC2O)cc1. The van der Waals surface area contributed by atoms with Gasteiger partial charge in [-0.15, -0.1) is 0 Å². The Labute approximate surface area is 110 Å². The molecular weight excluding hydrogens is 222 g/mol. The Morgan fingerprint density at radius 3 is 2.50 bits per heavy atom. The van der Waals surface area contributed by atoms with Gasteiger partial charge in [-0.25, -0.2) is 0 Å². The van der Waals surface area contributed by atoms with E-state index in [1.54, 1.807) is 0 Å². The molecule has 0 radical (unpaired) electrons. The van der Waals surface area contributed by atoms with Crippen molar-refractivity contribution in [2.45, 2.75) is 64.1 Å². The van der Waals surface area contributed by atoms with Gasteiger partial charge in [0.25, 0.3) is 0 Å². The van der Waals surface area contributed by atoms with Crippen LogP contribution in [0, 0.1) is 6.92 Å². The zero-order valence-electron chi connectivity index (χ0n) is 11.5. The van der Waals surface area contributed by atoms with Crippen molar-refractivity contribution in [1.29, 1.82) is 0 Å². The molecule has 2 heteroatoms. The molecule has 0 saturated heterocycles. The molecule has 1 aliphatic carbocycles. The third kappa shape index (κ3) is 3.56. The summed E-state index contributed by atoms with van der Waals surface area (Å²) in [6, 6.07) is 9.22. The molecule has 1 saturated carbocycles. The van der Waals surface area contributed by atoms with Crippen LogP contribution in [-0.2, 0) is 0 Å². The second-order valence-electron chi connectivity index (χ2n) is 5.61. The molecule has 0 heterocycles. The van der Waals surface area contributed by atoms with E-state index in [4.69, 9.17) is 0 Å². The summed E-state index contributed by atoms with van der Waals surface area (Å²) < 4.78 is 0. The van der Waals surface area contributed by atoms with E-state index in [9.17, 15) is 5.11 Å². The smallest absolute Gasteiger partial charge is 0.0693 e. The number of aliphatic hydroxyl groups excluding tert-OH is 1. The van der Waals surface area contributed by atoms with Crippen LogP contribution in [0.2, 0.25) is 0 Å². The van der Waals surface area contributed by atoms with E-state index >= 15 is 0 Å². The maximum atomic E-state index is 10.1. The van der Waals surface area contributed by atoms with E-state index in [0.29, 0.717) is 6.04 Å². The maximum absolute atomic E-state index is 10.1. The summed E-state index contributed by atoms with van der Waals surface area (Å²) in [7, 11) is 0. The van der Waals surface area contributed by atoms with Crippen molar-refractivity contribution in [2.24, 2.45) is 0 Å². The Bertz CT molecular complexity index is 360. The van der Waals surface area contributed by atoms with Crippen molar-refractivity contribution in [3.8, 4) is 0 Å². The van der Waals surface area contributed by atoms with Crippen LogP contribution in [0.1, 0.15) is 56.2 Å². The van der Waals surface area contributed by atoms with Gasteiger partial charge < -0.3 is 10.4 Å². The third-order valence-electron chi connectivity index (χ3n) is 4.02. The molecule has 0 bridgehead atoms. The third-order valence-corrected chi connectivity index (χ3v) is 4.02. The zero-order valence-corrected chi connectivity index (χ0v) is 11.5. The van der Waals surface area contributed by atoms with Crippen LogP contribution in [0.3, 0.4) is 0 Å². The fourth-order valence-corrected chi connectivity index (χ4v) is 2.75. The Kier molecular flexibility index (Phi) is 4.79. The van der Waals surface area contributed by atoms with Crippen molar-refractivity contribution < 1.29 is 5.11 Å². The number of rotatable bonds is 3. The molecule has 1 aliphatic rings. The Balaban J connectivity index is 1.97. The van der Waals surface area contributed by atoms with Gasteiger partial charge in [0, 0.05) is 12.1 Å². The number of nitrogens with one attached hydrogen (secondary N) is 1. The second kappa shape index (κ2) is 6.35. The lowest BCUT2D eigenvalue weighted by Gasteiger charge is -2.26. The average molecular weight is 247 g/mol. The van der Waals surface area contributed by atoms with Crippen molar-refractivity contribution in [3.05, 3.63) is 35.4 Å². The summed E-state index contributed by atoms with van der Waals surface area (Å²) in [5.74, 6) is 0. The average Bonchev–Trinajstić information content (AvgIpc) is 2.56. The normalized spacial score (nSPS) is 26.6. The summed E-state index contributed by atoms with van der Waals surface area (Å²) in [5.41, 5.74) is 2.59. The fourth-order valence-electron chi connectivity index (χ4n) is 2.75. The molecular formula is C16H25NO. The molecule has 2 rings (SSSR count). The minimum Gasteiger partial charge on any atom is -0.392 e. The minimum absolute atomic E-state index is 0.180. The van der Waals surface area contributed by atoms with Crippen molar-refractivity contribution in [2.75, 3.05) is 0 Å². The number of hydrogen-bond acceptors (Lipinski definition) is 2. The highest BCUT2D eigenvalue weighted by Crippen LogP contribution is 2.21. The highest BCUT2D eigenvalue weighted by atomic mass is 16.3. The minimum atomic E-state index is -0.180. The number of benzene rings is 1. The summed E-state index contributed by atoms with van der Waals surface area (Å²) in [4.78, 5) is 0. The van der Waals surface area contributed by atoms with Gasteiger partial charge >= 0.3 is 0 Å². The second-order valence-corrected chi connectivity index (χ2v) is 5.61. The van der Waals surface area contributed by atoms with Crippen molar-refractivity contribution >= 4 is 0 Å². The first-order valence-corrected chi connectivity index (χ1v) is 7.17. The van der Waals surface area contributed by atoms with Gasteiger partial charge in [-0.05, 0) is 32.3 Å². The first kappa shape index (κ1) is 13.6. The van der Waals surface area contributed by atoms with E-state index in [1.807, 2.05) is 0 Å². The lowest BCUT2D eigenvalue weighted by molar-refractivity contribution is 0.115. The van der Waals surface area contributed by atoms with Crippen LogP contribution in [-0.4, -0.2) is 17.3 Å². The highest BCUT2D eigenvalue weighted by Gasteiger charge is 2.23. The van der Waals surface area contributed by atoms with E-state index < -0.39 is 0 Å². The van der Waals surface area contributed by atoms with Gasteiger partial charge in [0.2, 0.25) is 0 Å². The molecule has 0 aliphatic heterocycles. The summed E-state index contributed by atoms with van der Waals surface area (Å²) in [5, 5.41) is 13.7. The first-order valence-electron chi connectivity index (χ1n) is 7.17. The lowest BCUT2D eigenvalue weighted by atomic mass is 10.0. The molecule has 0 spiro atoms. The molecule has 0 amide bonds. The summed E-state index contributed by atoms with van der Waals surface area (Å²) in [6.07, 6.45) is 5.51. The van der Waals surface area contributed by atoms with Crippen LogP contribution in [0.15, 0.2) is 24.3 Å². The summed E-state index contributed by atoms with van der Waals surface area (Å²) >= 11 is 0. The van der Waals surface area contributed by atoms with Crippen LogP contribution < -0.4 is 5.32 Å². The molecule has 3 atom stereocenters. The lowest BCUT2D eigenvalue weighted by Crippen LogP contribution is -2.40. The van der Waals surface area contributed by atoms with Crippen LogP contribution in [0.4, 0.5) is 0 Å². The largest absolute Gasteiger partial charge is 0.392 e. The molecule has 2 nitrogen and oxygen atoms in total. The van der Waals surface area contributed by atoms with Crippen LogP contribution >= 0.6 is 0 Å². The number of aryl methyl sites for hydroxylation is 1. The molecule has 1 aromatic carbocycles. The maximum Gasteiger partial charge on any atom is 0.0693 e. The molecule has 1 fully saturated rings. The van der Waals surface area contributed by atoms with Gasteiger partial charge in [0.05, 0.1) is 6.10 Å². The Morgan fingerprint density at radius 2 is 1.78 bits per heavy atom. The molecule has 0 aromatic heterocycles. The summed E-state index contributed by atoms with van der Waals surface area (Å²) in [6.45, 7) is 4.29. The molecule has 100 valence electrons. The fraction of sp³-hybridized carbons (Fsp3) is 0.625. The van der Waals surface area contributed by atoms with Gasteiger partial charge in [-0.3, -0.25) is 0 Å². The van der Waals surface area contributed by atoms with Gasteiger partial charge in [0.15, 0.2) is 0 Å². The Hall–Kier alpha value is -0.860. The quantitative estimate of drug-likeness (QED) is 0.803. The van der Waals surface area contributed by atoms with E-state index in [1.165, 1.54) is 24.0 Å². The van der Waals surface area contributed by atoms with Crippen molar-refractivity contribution in [1.82, 2.24) is 5.32 Å². The monoisotopic (exact) mass is 247 g/mol. The number of aliphatic hydroxyl groups is 1. The van der Waals surface area contributed by atoms with Gasteiger partial charge in [0.1, 0.15) is 0 Å². The number of hydrogen-bond donors (Lipinski definition) is 2.